The molecule has 2 rings (SSSR count). The maximum atomic E-state index is 11.5. The Balaban J connectivity index is 1.64. The van der Waals surface area contributed by atoms with Gasteiger partial charge in [0.15, 0.2) is 0 Å². The number of anilines is 1. The van der Waals surface area contributed by atoms with Crippen LogP contribution in [0.15, 0.2) is 24.3 Å². The topological polar surface area (TPSA) is 61.4 Å². The van der Waals surface area contributed by atoms with Gasteiger partial charge in [-0.25, -0.2) is 0 Å². The lowest BCUT2D eigenvalue weighted by atomic mass is 10.0. The summed E-state index contributed by atoms with van der Waals surface area (Å²) in [6.45, 7) is 7.28. The van der Waals surface area contributed by atoms with Gasteiger partial charge in [0, 0.05) is 57.7 Å². The van der Waals surface area contributed by atoms with Crippen LogP contribution < -0.4 is 15.5 Å². The standard InChI is InChI=1S/C22H35N3O2/c1-3-21(27)11-6-4-5-10-20(24-18(2)26)17-23-14-16-25-15-13-19-9-7-8-12-22(19)25/h7-9,12,20,23H,3-6,10-11,13-17H2,1-2H3,(H,24,26). The van der Waals surface area contributed by atoms with Gasteiger partial charge in [0.05, 0.1) is 0 Å². The van der Waals surface area contributed by atoms with E-state index in [1.807, 2.05) is 6.92 Å². The van der Waals surface area contributed by atoms with Crippen molar-refractivity contribution < 1.29 is 9.59 Å². The molecule has 1 amide bonds. The molecule has 1 aromatic rings. The third kappa shape index (κ3) is 7.71. The number of hydrogen-bond acceptors (Lipinski definition) is 4. The fraction of sp³-hybridized carbons (Fsp3) is 0.636. The van der Waals surface area contributed by atoms with E-state index in [1.54, 1.807) is 6.92 Å². The van der Waals surface area contributed by atoms with Crippen molar-refractivity contribution in [3.8, 4) is 0 Å². The number of unbranched alkanes of at least 4 members (excludes halogenated alkanes) is 2. The first kappa shape index (κ1) is 21.4. The highest BCUT2D eigenvalue weighted by Crippen LogP contribution is 2.26. The fourth-order valence-corrected chi connectivity index (χ4v) is 3.71. The lowest BCUT2D eigenvalue weighted by molar-refractivity contribution is -0.120. The zero-order valence-corrected chi connectivity index (χ0v) is 16.9. The number of para-hydroxylation sites is 1. The highest BCUT2D eigenvalue weighted by molar-refractivity contribution is 5.77. The van der Waals surface area contributed by atoms with Gasteiger partial charge in [-0.3, -0.25) is 9.59 Å². The highest BCUT2D eigenvalue weighted by atomic mass is 16.1. The Hall–Kier alpha value is -1.88. The van der Waals surface area contributed by atoms with E-state index in [2.05, 4.69) is 39.8 Å². The van der Waals surface area contributed by atoms with Gasteiger partial charge < -0.3 is 15.5 Å². The molecule has 5 heteroatoms. The van der Waals surface area contributed by atoms with E-state index in [0.717, 1.165) is 58.3 Å². The summed E-state index contributed by atoms with van der Waals surface area (Å²) >= 11 is 0. The molecule has 0 bridgehead atoms. The molecule has 1 unspecified atom stereocenters. The molecule has 0 aliphatic carbocycles. The molecule has 0 saturated heterocycles. The second-order valence-corrected chi connectivity index (χ2v) is 7.46. The van der Waals surface area contributed by atoms with Crippen molar-refractivity contribution in [1.82, 2.24) is 10.6 Å². The molecule has 27 heavy (non-hydrogen) atoms. The predicted octanol–water partition coefficient (Wildman–Crippen LogP) is 3.07. The number of carbonyl (C=O) groups excluding carboxylic acids is 2. The maximum Gasteiger partial charge on any atom is 0.217 e. The smallest absolute Gasteiger partial charge is 0.217 e. The number of benzene rings is 1. The van der Waals surface area contributed by atoms with Crippen LogP contribution in [0.1, 0.15) is 57.9 Å². The number of fused-ring (bicyclic) bond motifs is 1. The summed E-state index contributed by atoms with van der Waals surface area (Å²) in [6.07, 6.45) is 6.47. The van der Waals surface area contributed by atoms with Crippen molar-refractivity contribution in [2.75, 3.05) is 31.1 Å². The quantitative estimate of drug-likeness (QED) is 0.522. The summed E-state index contributed by atoms with van der Waals surface area (Å²) < 4.78 is 0. The summed E-state index contributed by atoms with van der Waals surface area (Å²) in [4.78, 5) is 25.2. The largest absolute Gasteiger partial charge is 0.370 e. The lowest BCUT2D eigenvalue weighted by Gasteiger charge is -2.22. The molecule has 0 fully saturated rings. The van der Waals surface area contributed by atoms with Crippen molar-refractivity contribution >= 4 is 17.4 Å². The van der Waals surface area contributed by atoms with E-state index in [4.69, 9.17) is 0 Å². The molecule has 1 heterocycles. The van der Waals surface area contributed by atoms with E-state index < -0.39 is 0 Å². The van der Waals surface area contributed by atoms with Crippen molar-refractivity contribution in [2.45, 2.75) is 64.8 Å². The number of nitrogens with zero attached hydrogens (tertiary/aromatic N) is 1. The molecule has 2 N–H and O–H groups in total. The molecular weight excluding hydrogens is 338 g/mol. The molecule has 150 valence electrons. The Morgan fingerprint density at radius 1 is 1.19 bits per heavy atom. The van der Waals surface area contributed by atoms with Gasteiger partial charge in [-0.15, -0.1) is 0 Å². The minimum atomic E-state index is 0.0245. The number of ketones is 1. The monoisotopic (exact) mass is 373 g/mol. The molecule has 0 spiro atoms. The van der Waals surface area contributed by atoms with Crippen molar-refractivity contribution in [3.05, 3.63) is 29.8 Å². The fourth-order valence-electron chi connectivity index (χ4n) is 3.71. The average Bonchev–Trinajstić information content (AvgIpc) is 3.07. The summed E-state index contributed by atoms with van der Waals surface area (Å²) in [7, 11) is 0. The first-order chi connectivity index (χ1) is 13.1. The predicted molar refractivity (Wildman–Crippen MR) is 111 cm³/mol. The van der Waals surface area contributed by atoms with E-state index >= 15 is 0 Å². The van der Waals surface area contributed by atoms with Crippen LogP contribution in [0, 0.1) is 0 Å². The molecule has 1 aliphatic rings. The molecule has 1 aromatic carbocycles. The molecule has 1 atom stereocenters. The third-order valence-corrected chi connectivity index (χ3v) is 5.24. The van der Waals surface area contributed by atoms with Gasteiger partial charge in [0.1, 0.15) is 5.78 Å². The Morgan fingerprint density at radius 3 is 2.78 bits per heavy atom. The Bertz CT molecular complexity index is 603. The van der Waals surface area contributed by atoms with E-state index in [-0.39, 0.29) is 11.9 Å². The van der Waals surface area contributed by atoms with Gasteiger partial charge in [-0.05, 0) is 30.9 Å². The summed E-state index contributed by atoms with van der Waals surface area (Å²) in [5.41, 5.74) is 2.80. The maximum absolute atomic E-state index is 11.5. The molecular formula is C22H35N3O2. The van der Waals surface area contributed by atoms with Crippen LogP contribution in [0.4, 0.5) is 5.69 Å². The van der Waals surface area contributed by atoms with Crippen molar-refractivity contribution in [2.24, 2.45) is 0 Å². The summed E-state index contributed by atoms with van der Waals surface area (Å²) in [6, 6.07) is 8.78. The Kier molecular flexibility index (Phi) is 9.32. The molecule has 0 radical (unpaired) electrons. The van der Waals surface area contributed by atoms with Crippen LogP contribution in [-0.4, -0.2) is 43.9 Å². The van der Waals surface area contributed by atoms with Crippen molar-refractivity contribution in [1.29, 1.82) is 0 Å². The lowest BCUT2D eigenvalue weighted by Crippen LogP contribution is -2.43. The second kappa shape index (κ2) is 11.8. The third-order valence-electron chi connectivity index (χ3n) is 5.24. The van der Waals surface area contributed by atoms with Gasteiger partial charge in [-0.1, -0.05) is 38.0 Å². The minimum Gasteiger partial charge on any atom is -0.370 e. The van der Waals surface area contributed by atoms with Gasteiger partial charge >= 0.3 is 0 Å². The number of nitrogens with one attached hydrogen (secondary N) is 2. The second-order valence-electron chi connectivity index (χ2n) is 7.46. The first-order valence-corrected chi connectivity index (χ1v) is 10.4. The molecule has 5 nitrogen and oxygen atoms in total. The van der Waals surface area contributed by atoms with Crippen LogP contribution in [0.3, 0.4) is 0 Å². The Labute approximate surface area is 163 Å². The van der Waals surface area contributed by atoms with Crippen LogP contribution in [0.5, 0.6) is 0 Å². The normalized spacial score (nSPS) is 14.1. The number of rotatable bonds is 13. The first-order valence-electron chi connectivity index (χ1n) is 10.4. The SMILES string of the molecule is CCC(=O)CCCCCC(CNCCN1CCc2ccccc21)NC(C)=O. The van der Waals surface area contributed by atoms with Gasteiger partial charge in [-0.2, -0.15) is 0 Å². The summed E-state index contributed by atoms with van der Waals surface area (Å²) in [5, 5.41) is 6.56. The highest BCUT2D eigenvalue weighted by Gasteiger charge is 2.17. The van der Waals surface area contributed by atoms with Crippen LogP contribution >= 0.6 is 0 Å². The van der Waals surface area contributed by atoms with Gasteiger partial charge in [0.2, 0.25) is 5.91 Å². The summed E-state index contributed by atoms with van der Waals surface area (Å²) in [5.74, 6) is 0.370. The zero-order chi connectivity index (χ0) is 19.5. The minimum absolute atomic E-state index is 0.0245. The van der Waals surface area contributed by atoms with E-state index in [0.29, 0.717) is 18.6 Å². The number of Topliss-reactive ketones (excluding diaryl/α,β-unsaturated/α-hetero) is 1. The number of amides is 1. The number of hydrogen-bond donors (Lipinski definition) is 2. The van der Waals surface area contributed by atoms with E-state index in [9.17, 15) is 9.59 Å². The average molecular weight is 374 g/mol. The molecule has 0 saturated carbocycles. The van der Waals surface area contributed by atoms with Crippen LogP contribution in [0.2, 0.25) is 0 Å². The van der Waals surface area contributed by atoms with E-state index in [1.165, 1.54) is 11.3 Å². The zero-order valence-electron chi connectivity index (χ0n) is 16.9. The van der Waals surface area contributed by atoms with Crippen LogP contribution in [-0.2, 0) is 16.0 Å². The van der Waals surface area contributed by atoms with Gasteiger partial charge in [0.25, 0.3) is 0 Å². The Morgan fingerprint density at radius 2 is 2.00 bits per heavy atom. The number of carbonyl (C=O) groups is 2. The molecule has 0 aromatic heterocycles. The van der Waals surface area contributed by atoms with Crippen LogP contribution in [0.25, 0.3) is 0 Å². The molecule has 1 aliphatic heterocycles. The van der Waals surface area contributed by atoms with Crippen molar-refractivity contribution in [3.63, 3.8) is 0 Å².